The van der Waals surface area contributed by atoms with Crippen LogP contribution in [0.2, 0.25) is 0 Å². The van der Waals surface area contributed by atoms with Gasteiger partial charge in [0.2, 0.25) is 5.56 Å². The fourth-order valence-corrected chi connectivity index (χ4v) is 2.26. The Labute approximate surface area is 95.0 Å². The Morgan fingerprint density at radius 3 is 3.07 bits per heavy atom. The quantitative estimate of drug-likeness (QED) is 0.832. The first-order valence-electron chi connectivity index (χ1n) is 4.37. The van der Waals surface area contributed by atoms with Gasteiger partial charge in [-0.1, -0.05) is 11.3 Å². The predicted molar refractivity (Wildman–Crippen MR) is 60.4 cm³/mol. The second kappa shape index (κ2) is 4.55. The van der Waals surface area contributed by atoms with Crippen molar-refractivity contribution in [3.63, 3.8) is 0 Å². The molecule has 78 valence electrons. The molecule has 1 N–H and O–H groups in total. The van der Waals surface area contributed by atoms with E-state index in [9.17, 15) is 4.79 Å². The molecule has 0 amide bonds. The number of nitrogens with zero attached hydrogens (tertiary/aromatic N) is 2. The molecule has 2 heterocycles. The van der Waals surface area contributed by atoms with Gasteiger partial charge in [0.15, 0.2) is 0 Å². The van der Waals surface area contributed by atoms with Gasteiger partial charge in [-0.05, 0) is 6.07 Å². The van der Waals surface area contributed by atoms with Gasteiger partial charge < -0.3 is 4.98 Å². The van der Waals surface area contributed by atoms with Crippen LogP contribution in [0.4, 0.5) is 0 Å². The van der Waals surface area contributed by atoms with Crippen LogP contribution < -0.4 is 5.56 Å². The van der Waals surface area contributed by atoms with Crippen LogP contribution in [0.5, 0.6) is 0 Å². The summed E-state index contributed by atoms with van der Waals surface area (Å²) in [5.74, 6) is 0.532. The molecule has 6 heteroatoms. The van der Waals surface area contributed by atoms with Crippen molar-refractivity contribution in [2.75, 3.05) is 5.88 Å². The van der Waals surface area contributed by atoms with Crippen molar-refractivity contribution in [1.29, 1.82) is 0 Å². The molecule has 2 rings (SSSR count). The SMILES string of the molecule is O=c1cc(-c2nnc(CCCl)s2)cc[nH]1. The second-order valence-electron chi connectivity index (χ2n) is 2.88. The third kappa shape index (κ3) is 2.43. The lowest BCUT2D eigenvalue weighted by Crippen LogP contribution is -2.01. The Balaban J connectivity index is 2.33. The van der Waals surface area contributed by atoms with E-state index in [1.807, 2.05) is 0 Å². The Hall–Kier alpha value is -1.20. The zero-order valence-corrected chi connectivity index (χ0v) is 9.31. The molecule has 0 saturated carbocycles. The summed E-state index contributed by atoms with van der Waals surface area (Å²) in [7, 11) is 0. The number of H-pyrrole nitrogens is 1. The number of aromatic nitrogens is 3. The Kier molecular flexibility index (Phi) is 3.13. The van der Waals surface area contributed by atoms with Crippen molar-refractivity contribution in [2.45, 2.75) is 6.42 Å². The number of hydrogen-bond donors (Lipinski definition) is 1. The number of aromatic amines is 1. The second-order valence-corrected chi connectivity index (χ2v) is 4.32. The third-order valence-corrected chi connectivity index (χ3v) is 3.02. The van der Waals surface area contributed by atoms with Gasteiger partial charge in [-0.3, -0.25) is 4.79 Å². The van der Waals surface area contributed by atoms with Gasteiger partial charge in [-0.15, -0.1) is 21.8 Å². The molecule has 4 nitrogen and oxygen atoms in total. The predicted octanol–water partition coefficient (Wildman–Crippen LogP) is 1.67. The summed E-state index contributed by atoms with van der Waals surface area (Å²) in [6.45, 7) is 0. The van der Waals surface area contributed by atoms with Crippen molar-refractivity contribution in [3.8, 4) is 10.6 Å². The van der Waals surface area contributed by atoms with Crippen LogP contribution in [0.3, 0.4) is 0 Å². The fraction of sp³-hybridized carbons (Fsp3) is 0.222. The summed E-state index contributed by atoms with van der Waals surface area (Å²) < 4.78 is 0. The van der Waals surface area contributed by atoms with E-state index >= 15 is 0 Å². The smallest absolute Gasteiger partial charge is 0.248 e. The Morgan fingerprint density at radius 1 is 1.47 bits per heavy atom. The molecular formula is C9H8ClN3OS. The maximum absolute atomic E-state index is 11.1. The summed E-state index contributed by atoms with van der Waals surface area (Å²) in [6, 6.07) is 3.30. The highest BCUT2D eigenvalue weighted by atomic mass is 35.5. The molecule has 2 aromatic rings. The van der Waals surface area contributed by atoms with E-state index in [2.05, 4.69) is 15.2 Å². The topological polar surface area (TPSA) is 58.6 Å². The minimum Gasteiger partial charge on any atom is -0.329 e. The molecule has 0 bridgehead atoms. The summed E-state index contributed by atoms with van der Waals surface area (Å²) in [5, 5.41) is 9.63. The van der Waals surface area contributed by atoms with E-state index in [0.29, 0.717) is 12.3 Å². The van der Waals surface area contributed by atoms with Crippen molar-refractivity contribution in [3.05, 3.63) is 33.7 Å². The molecule has 0 atom stereocenters. The van der Waals surface area contributed by atoms with Crippen LogP contribution >= 0.6 is 22.9 Å². The molecule has 0 aliphatic rings. The highest BCUT2D eigenvalue weighted by Crippen LogP contribution is 2.21. The zero-order chi connectivity index (χ0) is 10.7. The molecule has 0 unspecified atom stereocenters. The molecular weight excluding hydrogens is 234 g/mol. The van der Waals surface area contributed by atoms with Crippen LogP contribution in [0, 0.1) is 0 Å². The maximum atomic E-state index is 11.1. The van der Waals surface area contributed by atoms with Crippen molar-refractivity contribution in [2.24, 2.45) is 0 Å². The van der Waals surface area contributed by atoms with Gasteiger partial charge in [0.1, 0.15) is 10.0 Å². The van der Waals surface area contributed by atoms with Crippen molar-refractivity contribution in [1.82, 2.24) is 15.2 Å². The molecule has 0 saturated heterocycles. The maximum Gasteiger partial charge on any atom is 0.248 e. The molecule has 2 aromatic heterocycles. The van der Waals surface area contributed by atoms with Crippen LogP contribution in [-0.4, -0.2) is 21.1 Å². The van der Waals surface area contributed by atoms with Crippen LogP contribution in [0.15, 0.2) is 23.1 Å². The first-order valence-corrected chi connectivity index (χ1v) is 5.72. The number of alkyl halides is 1. The van der Waals surface area contributed by atoms with Crippen LogP contribution in [0.25, 0.3) is 10.6 Å². The summed E-state index contributed by atoms with van der Waals surface area (Å²) >= 11 is 7.06. The average molecular weight is 242 g/mol. The lowest BCUT2D eigenvalue weighted by Gasteiger charge is -1.91. The van der Waals surface area contributed by atoms with E-state index in [1.54, 1.807) is 12.3 Å². The van der Waals surface area contributed by atoms with Gasteiger partial charge in [0.05, 0.1) is 0 Å². The molecule has 0 fully saturated rings. The molecule has 0 aliphatic heterocycles. The van der Waals surface area contributed by atoms with Gasteiger partial charge in [0.25, 0.3) is 0 Å². The monoisotopic (exact) mass is 241 g/mol. The normalized spacial score (nSPS) is 10.5. The van der Waals surface area contributed by atoms with Gasteiger partial charge in [-0.2, -0.15) is 0 Å². The minimum absolute atomic E-state index is 0.137. The number of pyridine rings is 1. The minimum atomic E-state index is -0.137. The van der Waals surface area contributed by atoms with Gasteiger partial charge in [-0.25, -0.2) is 0 Å². The number of nitrogens with one attached hydrogen (secondary N) is 1. The highest BCUT2D eigenvalue weighted by molar-refractivity contribution is 7.14. The van der Waals surface area contributed by atoms with Crippen molar-refractivity contribution >= 4 is 22.9 Å². The van der Waals surface area contributed by atoms with E-state index in [1.165, 1.54) is 17.4 Å². The van der Waals surface area contributed by atoms with E-state index < -0.39 is 0 Å². The Morgan fingerprint density at radius 2 is 2.33 bits per heavy atom. The number of aryl methyl sites for hydroxylation is 1. The first-order chi connectivity index (χ1) is 7.29. The number of hydrogen-bond acceptors (Lipinski definition) is 4. The van der Waals surface area contributed by atoms with Crippen molar-refractivity contribution < 1.29 is 0 Å². The first kappa shape index (κ1) is 10.3. The number of rotatable bonds is 3. The lowest BCUT2D eigenvalue weighted by atomic mass is 10.3. The molecule has 0 aromatic carbocycles. The largest absolute Gasteiger partial charge is 0.329 e. The van der Waals surface area contributed by atoms with E-state index in [0.717, 1.165) is 15.6 Å². The third-order valence-electron chi connectivity index (χ3n) is 1.80. The number of halogens is 1. The summed E-state index contributed by atoms with van der Waals surface area (Å²) in [4.78, 5) is 13.6. The fourth-order valence-electron chi connectivity index (χ4n) is 1.13. The highest BCUT2D eigenvalue weighted by Gasteiger charge is 2.06. The van der Waals surface area contributed by atoms with E-state index in [4.69, 9.17) is 11.6 Å². The molecule has 0 aliphatic carbocycles. The van der Waals surface area contributed by atoms with Gasteiger partial charge in [0, 0.05) is 30.1 Å². The van der Waals surface area contributed by atoms with Gasteiger partial charge >= 0.3 is 0 Å². The summed E-state index contributed by atoms with van der Waals surface area (Å²) in [5.41, 5.74) is 0.652. The summed E-state index contributed by atoms with van der Waals surface area (Å²) in [6.07, 6.45) is 2.31. The zero-order valence-electron chi connectivity index (χ0n) is 7.74. The standard InChI is InChI=1S/C9H8ClN3OS/c10-3-1-8-12-13-9(15-8)6-2-4-11-7(14)5-6/h2,4-5H,1,3H2,(H,11,14). The van der Waals surface area contributed by atoms with E-state index in [-0.39, 0.29) is 5.56 Å². The average Bonchev–Trinajstić information content (AvgIpc) is 2.67. The molecule has 15 heavy (non-hydrogen) atoms. The Bertz CT molecular complexity index is 508. The molecule has 0 spiro atoms. The molecule has 0 radical (unpaired) electrons. The van der Waals surface area contributed by atoms with Crippen LogP contribution in [0.1, 0.15) is 5.01 Å². The van der Waals surface area contributed by atoms with Crippen LogP contribution in [-0.2, 0) is 6.42 Å². The lowest BCUT2D eigenvalue weighted by molar-refractivity contribution is 0.989.